The number of benzene rings is 2. The summed E-state index contributed by atoms with van der Waals surface area (Å²) in [4.78, 5) is 0. The van der Waals surface area contributed by atoms with Crippen LogP contribution in [0.2, 0.25) is 10.0 Å². The number of tetrazole rings is 1. The third-order valence-corrected chi connectivity index (χ3v) is 3.77. The molecule has 2 aromatic carbocycles. The summed E-state index contributed by atoms with van der Waals surface area (Å²) in [5.41, 5.74) is 8.97. The molecule has 5 nitrogen and oxygen atoms in total. The summed E-state index contributed by atoms with van der Waals surface area (Å²) in [7, 11) is 0. The topological polar surface area (TPSA) is 69.6 Å². The van der Waals surface area contributed by atoms with E-state index in [9.17, 15) is 0 Å². The predicted octanol–water partition coefficient (Wildman–Crippen LogP) is 3.53. The first-order valence-electron chi connectivity index (χ1n) is 6.16. The lowest BCUT2D eigenvalue weighted by molar-refractivity contribution is 0.791. The third kappa shape index (κ3) is 2.57. The van der Waals surface area contributed by atoms with Crippen molar-refractivity contribution in [3.63, 3.8) is 0 Å². The molecule has 3 aromatic rings. The van der Waals surface area contributed by atoms with Gasteiger partial charge in [-0.3, -0.25) is 0 Å². The number of nitrogens with zero attached hydrogens (tertiary/aromatic N) is 4. The molecule has 106 valence electrons. The minimum absolute atomic E-state index is 0.511. The molecule has 21 heavy (non-hydrogen) atoms. The number of anilines is 1. The molecule has 0 radical (unpaired) electrons. The van der Waals surface area contributed by atoms with Crippen LogP contribution in [-0.4, -0.2) is 20.2 Å². The summed E-state index contributed by atoms with van der Waals surface area (Å²) < 4.78 is 1.59. The van der Waals surface area contributed by atoms with Gasteiger partial charge in [0.05, 0.1) is 5.69 Å². The van der Waals surface area contributed by atoms with Crippen molar-refractivity contribution in [3.05, 3.63) is 52.0 Å². The van der Waals surface area contributed by atoms with Crippen LogP contribution in [0.25, 0.3) is 17.1 Å². The molecule has 7 heteroatoms. The Bertz CT molecular complexity index is 813. The monoisotopic (exact) mass is 319 g/mol. The third-order valence-electron chi connectivity index (χ3n) is 3.12. The molecule has 0 bridgehead atoms. The summed E-state index contributed by atoms with van der Waals surface area (Å²) in [6, 6.07) is 10.8. The summed E-state index contributed by atoms with van der Waals surface area (Å²) >= 11 is 12.1. The average Bonchev–Trinajstić information content (AvgIpc) is 2.91. The number of aromatic nitrogens is 4. The Morgan fingerprint density at radius 2 is 1.90 bits per heavy atom. The van der Waals surface area contributed by atoms with Crippen LogP contribution in [0.4, 0.5) is 5.69 Å². The molecule has 0 aliphatic rings. The number of aryl methyl sites for hydroxylation is 1. The van der Waals surface area contributed by atoms with E-state index in [4.69, 9.17) is 28.9 Å². The minimum atomic E-state index is 0.511. The molecular formula is C14H11Cl2N5. The molecule has 0 amide bonds. The zero-order chi connectivity index (χ0) is 15.0. The lowest BCUT2D eigenvalue weighted by atomic mass is 10.1. The number of hydrogen-bond acceptors (Lipinski definition) is 4. The van der Waals surface area contributed by atoms with E-state index in [0.717, 1.165) is 11.3 Å². The van der Waals surface area contributed by atoms with Gasteiger partial charge in [0.2, 0.25) is 0 Å². The standard InChI is InChI=1S/C14H11Cl2N5/c1-8-2-4-10(7-12(8)16)21-14(18-19-20-21)11-5-3-9(15)6-13(11)17/h2-7H,17H2,1H3. The van der Waals surface area contributed by atoms with Gasteiger partial charge in [-0.1, -0.05) is 29.3 Å². The fourth-order valence-electron chi connectivity index (χ4n) is 1.98. The van der Waals surface area contributed by atoms with Gasteiger partial charge < -0.3 is 5.73 Å². The van der Waals surface area contributed by atoms with E-state index >= 15 is 0 Å². The summed E-state index contributed by atoms with van der Waals surface area (Å²) in [6.07, 6.45) is 0. The van der Waals surface area contributed by atoms with Gasteiger partial charge in [-0.2, -0.15) is 4.68 Å². The molecule has 0 spiro atoms. The van der Waals surface area contributed by atoms with Gasteiger partial charge in [0.1, 0.15) is 0 Å². The minimum Gasteiger partial charge on any atom is -0.398 e. The number of nitrogens with two attached hydrogens (primary N) is 1. The van der Waals surface area contributed by atoms with Crippen molar-refractivity contribution in [1.82, 2.24) is 20.2 Å². The van der Waals surface area contributed by atoms with Crippen molar-refractivity contribution < 1.29 is 0 Å². The zero-order valence-electron chi connectivity index (χ0n) is 11.1. The second-order valence-electron chi connectivity index (χ2n) is 4.58. The van der Waals surface area contributed by atoms with E-state index in [2.05, 4.69) is 15.5 Å². The molecule has 1 heterocycles. The highest BCUT2D eigenvalue weighted by molar-refractivity contribution is 6.31. The molecule has 2 N–H and O–H groups in total. The fourth-order valence-corrected chi connectivity index (χ4v) is 2.34. The summed E-state index contributed by atoms with van der Waals surface area (Å²) in [5.74, 6) is 0.532. The molecule has 1 aromatic heterocycles. The highest BCUT2D eigenvalue weighted by Gasteiger charge is 2.14. The molecule has 0 unspecified atom stereocenters. The Hall–Kier alpha value is -2.11. The number of rotatable bonds is 2. The van der Waals surface area contributed by atoms with Crippen LogP contribution in [0, 0.1) is 6.92 Å². The lowest BCUT2D eigenvalue weighted by Crippen LogP contribution is -2.02. The Labute approximate surface area is 131 Å². The van der Waals surface area contributed by atoms with E-state index in [-0.39, 0.29) is 0 Å². The molecule has 0 aliphatic carbocycles. The maximum Gasteiger partial charge on any atom is 0.189 e. The normalized spacial score (nSPS) is 10.8. The van der Waals surface area contributed by atoms with E-state index in [1.54, 1.807) is 22.9 Å². The van der Waals surface area contributed by atoms with E-state index < -0.39 is 0 Å². The lowest BCUT2D eigenvalue weighted by Gasteiger charge is -2.08. The van der Waals surface area contributed by atoms with Gasteiger partial charge in [0.15, 0.2) is 5.82 Å². The first-order chi connectivity index (χ1) is 10.1. The Balaban J connectivity index is 2.14. The molecular weight excluding hydrogens is 309 g/mol. The van der Waals surface area contributed by atoms with E-state index in [0.29, 0.717) is 27.1 Å². The predicted molar refractivity (Wildman–Crippen MR) is 83.8 cm³/mol. The van der Waals surface area contributed by atoms with Crippen molar-refractivity contribution in [2.24, 2.45) is 0 Å². The summed E-state index contributed by atoms with van der Waals surface area (Å²) in [6.45, 7) is 1.93. The van der Waals surface area contributed by atoms with Crippen molar-refractivity contribution in [1.29, 1.82) is 0 Å². The smallest absolute Gasteiger partial charge is 0.189 e. The highest BCUT2D eigenvalue weighted by atomic mass is 35.5. The average molecular weight is 320 g/mol. The first-order valence-corrected chi connectivity index (χ1v) is 6.92. The van der Waals surface area contributed by atoms with Crippen LogP contribution < -0.4 is 5.73 Å². The van der Waals surface area contributed by atoms with Crippen molar-refractivity contribution in [3.8, 4) is 17.1 Å². The second-order valence-corrected chi connectivity index (χ2v) is 5.42. The largest absolute Gasteiger partial charge is 0.398 e. The van der Waals surface area contributed by atoms with Crippen LogP contribution in [0.5, 0.6) is 0 Å². The van der Waals surface area contributed by atoms with Crippen LogP contribution in [0.15, 0.2) is 36.4 Å². The van der Waals surface area contributed by atoms with Gasteiger partial charge >= 0.3 is 0 Å². The maximum atomic E-state index is 6.16. The quantitative estimate of drug-likeness (QED) is 0.733. The number of nitrogen functional groups attached to an aromatic ring is 1. The Morgan fingerprint density at radius 3 is 2.62 bits per heavy atom. The second kappa shape index (κ2) is 5.35. The molecule has 0 saturated carbocycles. The Kier molecular flexibility index (Phi) is 3.53. The summed E-state index contributed by atoms with van der Waals surface area (Å²) in [5, 5.41) is 13.0. The molecule has 3 rings (SSSR count). The van der Waals surface area contributed by atoms with Crippen molar-refractivity contribution >= 4 is 28.9 Å². The van der Waals surface area contributed by atoms with Gasteiger partial charge in [-0.15, -0.1) is 5.10 Å². The van der Waals surface area contributed by atoms with Gasteiger partial charge in [-0.25, -0.2) is 0 Å². The fraction of sp³-hybridized carbons (Fsp3) is 0.0714. The van der Waals surface area contributed by atoms with Gasteiger partial charge in [0.25, 0.3) is 0 Å². The SMILES string of the molecule is Cc1ccc(-n2nnnc2-c2ccc(Cl)cc2N)cc1Cl. The number of halogens is 2. The maximum absolute atomic E-state index is 6.16. The van der Waals surface area contributed by atoms with Crippen LogP contribution in [0.1, 0.15) is 5.56 Å². The van der Waals surface area contributed by atoms with E-state index in [1.165, 1.54) is 0 Å². The first kappa shape index (κ1) is 13.9. The number of hydrogen-bond donors (Lipinski definition) is 1. The van der Waals surface area contributed by atoms with Gasteiger partial charge in [0, 0.05) is 21.3 Å². The molecule has 0 aliphatic heterocycles. The van der Waals surface area contributed by atoms with Gasteiger partial charge in [-0.05, 0) is 53.2 Å². The van der Waals surface area contributed by atoms with Crippen LogP contribution in [0.3, 0.4) is 0 Å². The Morgan fingerprint density at radius 1 is 1.10 bits per heavy atom. The molecule has 0 atom stereocenters. The molecule has 0 saturated heterocycles. The van der Waals surface area contributed by atoms with Crippen LogP contribution >= 0.6 is 23.2 Å². The molecule has 0 fully saturated rings. The zero-order valence-corrected chi connectivity index (χ0v) is 12.6. The van der Waals surface area contributed by atoms with Crippen molar-refractivity contribution in [2.45, 2.75) is 6.92 Å². The van der Waals surface area contributed by atoms with E-state index in [1.807, 2.05) is 25.1 Å². The highest BCUT2D eigenvalue weighted by Crippen LogP contribution is 2.28. The van der Waals surface area contributed by atoms with Crippen LogP contribution in [-0.2, 0) is 0 Å². The van der Waals surface area contributed by atoms with Crippen molar-refractivity contribution in [2.75, 3.05) is 5.73 Å².